The smallest absolute Gasteiger partial charge is 0.262 e. The molecule has 1 saturated carbocycles. The lowest BCUT2D eigenvalue weighted by molar-refractivity contribution is 0.0938. The number of amides is 1. The Bertz CT molecular complexity index is 1420. The van der Waals surface area contributed by atoms with Gasteiger partial charge in [-0.1, -0.05) is 78.7 Å². The molecule has 1 aromatic heterocycles. The molecular formula is C28H26ClN3O2S. The highest BCUT2D eigenvalue weighted by molar-refractivity contribution is 7.98. The number of nitrogens with one attached hydrogen (secondary N) is 1. The van der Waals surface area contributed by atoms with Gasteiger partial charge in [0.25, 0.3) is 11.5 Å². The second-order valence-electron chi connectivity index (χ2n) is 8.88. The zero-order valence-corrected chi connectivity index (χ0v) is 20.8. The van der Waals surface area contributed by atoms with Gasteiger partial charge >= 0.3 is 0 Å². The second-order valence-corrected chi connectivity index (χ2v) is 10.3. The van der Waals surface area contributed by atoms with E-state index < -0.39 is 0 Å². The van der Waals surface area contributed by atoms with Crippen LogP contribution in [-0.4, -0.2) is 21.5 Å². The van der Waals surface area contributed by atoms with Crippen LogP contribution in [0.5, 0.6) is 0 Å². The predicted molar refractivity (Wildman–Crippen MR) is 142 cm³/mol. The topological polar surface area (TPSA) is 64.0 Å². The Kier molecular flexibility index (Phi) is 7.21. The van der Waals surface area contributed by atoms with E-state index in [0.717, 1.165) is 36.8 Å². The quantitative estimate of drug-likeness (QED) is 0.246. The van der Waals surface area contributed by atoms with E-state index in [-0.39, 0.29) is 17.5 Å². The Labute approximate surface area is 213 Å². The lowest BCUT2D eigenvalue weighted by Crippen LogP contribution is -2.32. The Balaban J connectivity index is 1.51. The number of aromatic nitrogens is 2. The van der Waals surface area contributed by atoms with E-state index in [4.69, 9.17) is 16.6 Å². The van der Waals surface area contributed by atoms with Gasteiger partial charge in [-0.05, 0) is 54.3 Å². The van der Waals surface area contributed by atoms with E-state index in [1.807, 2.05) is 54.6 Å². The average molecular weight is 504 g/mol. The van der Waals surface area contributed by atoms with Crippen molar-refractivity contribution in [2.45, 2.75) is 49.2 Å². The number of thioether (sulfide) groups is 1. The highest BCUT2D eigenvalue weighted by atomic mass is 35.5. The number of carbonyl (C=O) groups is 1. The summed E-state index contributed by atoms with van der Waals surface area (Å²) in [6, 6.07) is 23.0. The normalized spacial score (nSPS) is 13.9. The highest BCUT2D eigenvalue weighted by Crippen LogP contribution is 2.25. The first-order chi connectivity index (χ1) is 17.1. The molecule has 0 bridgehead atoms. The number of hydrogen-bond donors (Lipinski definition) is 1. The standard InChI is InChI=1S/C28H26ClN3O2S/c29-22-10-6-9-20(15-22)18-35-28-31-25-16-21(26(33)30-23-11-4-5-12-23)13-14-24(25)27(34)32(28)17-19-7-2-1-3-8-19/h1-3,6-10,13-16,23H,4-5,11-12,17-18H2,(H,30,33). The summed E-state index contributed by atoms with van der Waals surface area (Å²) in [4.78, 5) is 31.2. The summed E-state index contributed by atoms with van der Waals surface area (Å²) in [6.45, 7) is 0.421. The number of fused-ring (bicyclic) bond motifs is 1. The van der Waals surface area contributed by atoms with Gasteiger partial charge < -0.3 is 5.32 Å². The van der Waals surface area contributed by atoms with Gasteiger partial charge in [-0.2, -0.15) is 0 Å². The van der Waals surface area contributed by atoms with Crippen molar-refractivity contribution in [3.05, 3.63) is 105 Å². The van der Waals surface area contributed by atoms with E-state index in [0.29, 0.717) is 38.9 Å². The van der Waals surface area contributed by atoms with Crippen molar-refractivity contribution in [1.29, 1.82) is 0 Å². The molecule has 0 atom stereocenters. The minimum atomic E-state index is -0.116. The first kappa shape index (κ1) is 23.6. The summed E-state index contributed by atoms with van der Waals surface area (Å²) in [7, 11) is 0. The first-order valence-corrected chi connectivity index (χ1v) is 13.2. The van der Waals surface area contributed by atoms with Gasteiger partial charge in [0.05, 0.1) is 17.4 Å². The molecular weight excluding hydrogens is 478 g/mol. The number of halogens is 1. The average Bonchev–Trinajstić information content (AvgIpc) is 3.38. The Morgan fingerprint density at radius 3 is 2.54 bits per heavy atom. The summed E-state index contributed by atoms with van der Waals surface area (Å²) in [5, 5.41) is 4.91. The van der Waals surface area contributed by atoms with Crippen molar-refractivity contribution in [2.24, 2.45) is 0 Å². The van der Waals surface area contributed by atoms with E-state index in [1.165, 1.54) is 11.8 Å². The van der Waals surface area contributed by atoms with Crippen LogP contribution < -0.4 is 10.9 Å². The largest absolute Gasteiger partial charge is 0.349 e. The summed E-state index contributed by atoms with van der Waals surface area (Å²) in [5.74, 6) is 0.511. The molecule has 3 aromatic carbocycles. The summed E-state index contributed by atoms with van der Waals surface area (Å²) < 4.78 is 1.71. The van der Waals surface area contributed by atoms with Gasteiger partial charge in [0.15, 0.2) is 5.16 Å². The Morgan fingerprint density at radius 1 is 1.00 bits per heavy atom. The first-order valence-electron chi connectivity index (χ1n) is 11.8. The summed E-state index contributed by atoms with van der Waals surface area (Å²) in [5.41, 5.74) is 3.02. The van der Waals surface area contributed by atoms with Crippen LogP contribution in [0.15, 0.2) is 82.7 Å². The SMILES string of the molecule is O=C(NC1CCCC1)c1ccc2c(=O)n(Cc3ccccc3)c(SCc3cccc(Cl)c3)nc2c1. The van der Waals surface area contributed by atoms with E-state index in [1.54, 1.807) is 22.8 Å². The van der Waals surface area contributed by atoms with Crippen LogP contribution in [-0.2, 0) is 12.3 Å². The predicted octanol–water partition coefficient (Wildman–Crippen LogP) is 6.06. The van der Waals surface area contributed by atoms with Crippen LogP contribution in [0.25, 0.3) is 10.9 Å². The van der Waals surface area contributed by atoms with Gasteiger partial charge in [0.2, 0.25) is 0 Å². The molecule has 35 heavy (non-hydrogen) atoms. The van der Waals surface area contributed by atoms with Gasteiger partial charge in [-0.25, -0.2) is 4.98 Å². The monoisotopic (exact) mass is 503 g/mol. The van der Waals surface area contributed by atoms with Gasteiger partial charge in [0.1, 0.15) is 0 Å². The van der Waals surface area contributed by atoms with Crippen LogP contribution in [0, 0.1) is 0 Å². The number of nitrogens with zero attached hydrogens (tertiary/aromatic N) is 2. The van der Waals surface area contributed by atoms with Gasteiger partial charge in [0, 0.05) is 22.4 Å². The van der Waals surface area contributed by atoms with E-state index in [9.17, 15) is 9.59 Å². The Hall–Kier alpha value is -3.09. The van der Waals surface area contributed by atoms with Gasteiger partial charge in [-0.3, -0.25) is 14.2 Å². The molecule has 5 nitrogen and oxygen atoms in total. The molecule has 178 valence electrons. The maximum absolute atomic E-state index is 13.6. The third-order valence-electron chi connectivity index (χ3n) is 6.31. The van der Waals surface area contributed by atoms with Crippen molar-refractivity contribution in [3.63, 3.8) is 0 Å². The number of carbonyl (C=O) groups excluding carboxylic acids is 1. The van der Waals surface area contributed by atoms with Crippen LogP contribution in [0.1, 0.15) is 47.2 Å². The van der Waals surface area contributed by atoms with Gasteiger partial charge in [-0.15, -0.1) is 0 Å². The van der Waals surface area contributed by atoms with Crippen LogP contribution in [0.4, 0.5) is 0 Å². The lowest BCUT2D eigenvalue weighted by atomic mass is 10.1. The molecule has 1 N–H and O–H groups in total. The third kappa shape index (κ3) is 5.60. The molecule has 0 aliphatic heterocycles. The molecule has 1 amide bonds. The summed E-state index contributed by atoms with van der Waals surface area (Å²) in [6.07, 6.45) is 4.34. The summed E-state index contributed by atoms with van der Waals surface area (Å²) >= 11 is 7.65. The highest BCUT2D eigenvalue weighted by Gasteiger charge is 2.19. The third-order valence-corrected chi connectivity index (χ3v) is 7.60. The second kappa shape index (κ2) is 10.7. The zero-order valence-electron chi connectivity index (χ0n) is 19.2. The van der Waals surface area contributed by atoms with Crippen LogP contribution in [0.3, 0.4) is 0 Å². The molecule has 1 heterocycles. The molecule has 4 aromatic rings. The van der Waals surface area contributed by atoms with Crippen molar-refractivity contribution >= 4 is 40.2 Å². The van der Waals surface area contributed by atoms with Crippen LogP contribution in [0.2, 0.25) is 5.02 Å². The minimum absolute atomic E-state index is 0.109. The van der Waals surface area contributed by atoms with Crippen molar-refractivity contribution in [1.82, 2.24) is 14.9 Å². The molecule has 1 fully saturated rings. The number of benzene rings is 3. The molecule has 0 radical (unpaired) electrons. The van der Waals surface area contributed by atoms with E-state index >= 15 is 0 Å². The molecule has 1 aliphatic carbocycles. The molecule has 1 aliphatic rings. The molecule has 7 heteroatoms. The van der Waals surface area contributed by atoms with Crippen molar-refractivity contribution in [2.75, 3.05) is 0 Å². The fourth-order valence-electron chi connectivity index (χ4n) is 4.47. The minimum Gasteiger partial charge on any atom is -0.349 e. The van der Waals surface area contributed by atoms with Crippen LogP contribution >= 0.6 is 23.4 Å². The Morgan fingerprint density at radius 2 is 1.77 bits per heavy atom. The molecule has 0 unspecified atom stereocenters. The van der Waals surface area contributed by atoms with Crippen molar-refractivity contribution in [3.8, 4) is 0 Å². The fraction of sp³-hybridized carbons (Fsp3) is 0.250. The number of rotatable bonds is 7. The maximum atomic E-state index is 13.6. The molecule has 5 rings (SSSR count). The lowest BCUT2D eigenvalue weighted by Gasteiger charge is -2.15. The maximum Gasteiger partial charge on any atom is 0.262 e. The molecule has 0 spiro atoms. The number of hydrogen-bond acceptors (Lipinski definition) is 4. The van der Waals surface area contributed by atoms with E-state index in [2.05, 4.69) is 5.32 Å². The fourth-order valence-corrected chi connectivity index (χ4v) is 5.63. The zero-order chi connectivity index (χ0) is 24.2. The molecule has 0 saturated heterocycles. The van der Waals surface area contributed by atoms with Crippen molar-refractivity contribution < 1.29 is 4.79 Å².